The van der Waals surface area contributed by atoms with Crippen LogP contribution in [0.4, 0.5) is 10.7 Å². The fourth-order valence-corrected chi connectivity index (χ4v) is 3.42. The van der Waals surface area contributed by atoms with E-state index in [1.807, 2.05) is 26.8 Å². The first kappa shape index (κ1) is 21.3. The highest BCUT2D eigenvalue weighted by Gasteiger charge is 2.28. The minimum Gasteiger partial charge on any atom is -0.465 e. The molecule has 10 nitrogen and oxygen atoms in total. The van der Waals surface area contributed by atoms with Gasteiger partial charge in [0.2, 0.25) is 5.95 Å². The van der Waals surface area contributed by atoms with E-state index in [0.29, 0.717) is 35.8 Å². The van der Waals surface area contributed by atoms with E-state index in [0.717, 1.165) is 11.1 Å². The molecule has 1 aliphatic rings. The average Bonchev–Trinajstić information content (AvgIpc) is 3.38. The number of nitrogens with two attached hydrogens (primary N) is 1. The van der Waals surface area contributed by atoms with Gasteiger partial charge in [0.15, 0.2) is 5.65 Å². The van der Waals surface area contributed by atoms with Crippen molar-refractivity contribution in [3.05, 3.63) is 47.9 Å². The summed E-state index contributed by atoms with van der Waals surface area (Å²) in [5.41, 5.74) is 8.69. The molecule has 166 valence electrons. The third kappa shape index (κ3) is 3.98. The summed E-state index contributed by atoms with van der Waals surface area (Å²) in [6.07, 6.45) is 2.91. The van der Waals surface area contributed by atoms with Crippen molar-refractivity contribution < 1.29 is 19.1 Å². The number of amides is 1. The van der Waals surface area contributed by atoms with E-state index in [9.17, 15) is 9.59 Å². The van der Waals surface area contributed by atoms with Gasteiger partial charge in [0.05, 0.1) is 19.2 Å². The van der Waals surface area contributed by atoms with Crippen LogP contribution in [0.25, 0.3) is 22.6 Å². The highest BCUT2D eigenvalue weighted by Crippen LogP contribution is 2.30. The Morgan fingerprint density at radius 2 is 1.84 bits per heavy atom. The summed E-state index contributed by atoms with van der Waals surface area (Å²) in [6, 6.07) is 6.82. The van der Waals surface area contributed by atoms with Crippen LogP contribution in [0.2, 0.25) is 0 Å². The second-order valence-electron chi connectivity index (χ2n) is 8.33. The highest BCUT2D eigenvalue weighted by molar-refractivity contribution is 5.90. The number of rotatable bonds is 3. The molecule has 0 saturated carbocycles. The number of imidazole rings is 1. The minimum absolute atomic E-state index is 0.225. The van der Waals surface area contributed by atoms with Crippen LogP contribution in [-0.2, 0) is 9.47 Å². The molecule has 1 amide bonds. The third-order valence-electron chi connectivity index (χ3n) is 4.89. The zero-order valence-corrected chi connectivity index (χ0v) is 18.3. The maximum absolute atomic E-state index is 12.5. The highest BCUT2D eigenvalue weighted by atomic mass is 16.6. The quantitative estimate of drug-likeness (QED) is 0.622. The number of benzene rings is 1. The van der Waals surface area contributed by atoms with E-state index in [-0.39, 0.29) is 12.0 Å². The molecular formula is C22H24N6O4. The number of hydrogen-bond acceptors (Lipinski definition) is 8. The van der Waals surface area contributed by atoms with Gasteiger partial charge in [0.1, 0.15) is 23.4 Å². The average molecular weight is 436 g/mol. The van der Waals surface area contributed by atoms with Crippen molar-refractivity contribution in [1.29, 1.82) is 0 Å². The topological polar surface area (TPSA) is 125 Å². The normalized spacial score (nSPS) is 13.9. The summed E-state index contributed by atoms with van der Waals surface area (Å²) in [4.78, 5) is 39.0. The molecule has 3 heterocycles. The van der Waals surface area contributed by atoms with Crippen molar-refractivity contribution in [2.24, 2.45) is 0 Å². The van der Waals surface area contributed by atoms with Crippen molar-refractivity contribution in [1.82, 2.24) is 24.3 Å². The van der Waals surface area contributed by atoms with Gasteiger partial charge in [0.25, 0.3) is 0 Å². The first-order chi connectivity index (χ1) is 15.2. The number of esters is 1. The number of methoxy groups -OCH3 is 1. The molecule has 32 heavy (non-hydrogen) atoms. The zero-order valence-electron chi connectivity index (χ0n) is 18.3. The van der Waals surface area contributed by atoms with Crippen molar-refractivity contribution >= 4 is 29.2 Å². The van der Waals surface area contributed by atoms with Gasteiger partial charge in [-0.25, -0.2) is 28.9 Å². The molecule has 0 radical (unpaired) electrons. The number of ether oxygens (including phenoxy) is 2. The molecule has 0 fully saturated rings. The fourth-order valence-electron chi connectivity index (χ4n) is 3.42. The monoisotopic (exact) mass is 436 g/mol. The molecule has 1 aliphatic heterocycles. The molecule has 10 heteroatoms. The lowest BCUT2D eigenvalue weighted by atomic mass is 10.1. The van der Waals surface area contributed by atoms with Crippen LogP contribution in [0.5, 0.6) is 0 Å². The van der Waals surface area contributed by atoms with Crippen molar-refractivity contribution in [2.75, 3.05) is 25.9 Å². The van der Waals surface area contributed by atoms with Crippen LogP contribution in [-0.4, -0.2) is 62.1 Å². The largest absolute Gasteiger partial charge is 0.465 e. The van der Waals surface area contributed by atoms with Gasteiger partial charge in [-0.05, 0) is 38.5 Å². The Hall–Kier alpha value is -3.95. The molecule has 0 atom stereocenters. The molecule has 0 saturated heterocycles. The predicted octanol–water partition coefficient (Wildman–Crippen LogP) is 2.79. The molecule has 2 aromatic heterocycles. The van der Waals surface area contributed by atoms with Crippen LogP contribution in [0.1, 0.15) is 36.8 Å². The van der Waals surface area contributed by atoms with Crippen LogP contribution < -0.4 is 5.73 Å². The SMILES string of the molecule is COC(=O)c1ccc(-c2nc(C3=CCN(C(=O)OC(C)(C)C)C3)c3ncnc(N)n23)cc1. The molecule has 3 aromatic rings. The molecular weight excluding hydrogens is 412 g/mol. The lowest BCUT2D eigenvalue weighted by Gasteiger charge is -2.24. The number of fused-ring (bicyclic) bond motifs is 1. The number of anilines is 1. The lowest BCUT2D eigenvalue weighted by molar-refractivity contribution is 0.0306. The Balaban J connectivity index is 1.70. The van der Waals surface area contributed by atoms with Crippen LogP contribution in [0, 0.1) is 0 Å². The Bertz CT molecular complexity index is 1220. The van der Waals surface area contributed by atoms with Crippen molar-refractivity contribution in [3.8, 4) is 11.4 Å². The molecule has 2 N–H and O–H groups in total. The maximum Gasteiger partial charge on any atom is 0.410 e. The first-order valence-corrected chi connectivity index (χ1v) is 10.0. The maximum atomic E-state index is 12.5. The van der Waals surface area contributed by atoms with E-state index in [1.54, 1.807) is 33.6 Å². The number of carbonyl (C=O) groups excluding carboxylic acids is 2. The number of aromatic nitrogens is 4. The standard InChI is InChI=1S/C22H24N6O4/c1-22(2,3)32-21(30)27-10-9-15(11-27)16-18-24-12-25-20(23)28(18)17(26-16)13-5-7-14(8-6-13)19(29)31-4/h5-9,12H,10-11H2,1-4H3,(H2,23,24,25). The van der Waals surface area contributed by atoms with Gasteiger partial charge < -0.3 is 20.1 Å². The van der Waals surface area contributed by atoms with E-state index in [2.05, 4.69) is 9.97 Å². The van der Waals surface area contributed by atoms with E-state index < -0.39 is 11.6 Å². The molecule has 0 bridgehead atoms. The van der Waals surface area contributed by atoms with Gasteiger partial charge in [-0.15, -0.1) is 0 Å². The number of hydrogen-bond donors (Lipinski definition) is 1. The second-order valence-corrected chi connectivity index (χ2v) is 8.33. The summed E-state index contributed by atoms with van der Waals surface area (Å²) in [7, 11) is 1.33. The molecule has 4 rings (SSSR count). The van der Waals surface area contributed by atoms with Gasteiger partial charge in [-0.2, -0.15) is 0 Å². The molecule has 0 aliphatic carbocycles. The van der Waals surface area contributed by atoms with Crippen molar-refractivity contribution in [3.63, 3.8) is 0 Å². The van der Waals surface area contributed by atoms with E-state index >= 15 is 0 Å². The van der Waals surface area contributed by atoms with E-state index in [4.69, 9.17) is 20.2 Å². The Morgan fingerprint density at radius 1 is 1.12 bits per heavy atom. The Morgan fingerprint density at radius 3 is 2.50 bits per heavy atom. The van der Waals surface area contributed by atoms with Gasteiger partial charge in [-0.3, -0.25) is 0 Å². The summed E-state index contributed by atoms with van der Waals surface area (Å²) >= 11 is 0. The molecule has 1 aromatic carbocycles. The zero-order chi connectivity index (χ0) is 23.0. The smallest absolute Gasteiger partial charge is 0.410 e. The van der Waals surface area contributed by atoms with Crippen molar-refractivity contribution in [2.45, 2.75) is 26.4 Å². The van der Waals surface area contributed by atoms with Crippen LogP contribution >= 0.6 is 0 Å². The fraction of sp³-hybridized carbons (Fsp3) is 0.318. The summed E-state index contributed by atoms with van der Waals surface area (Å²) < 4.78 is 11.9. The molecule has 0 spiro atoms. The predicted molar refractivity (Wildman–Crippen MR) is 118 cm³/mol. The molecule has 0 unspecified atom stereocenters. The lowest BCUT2D eigenvalue weighted by Crippen LogP contribution is -2.35. The summed E-state index contributed by atoms with van der Waals surface area (Å²) in [5, 5.41) is 0. The Kier molecular flexibility index (Phi) is 5.29. The minimum atomic E-state index is -0.577. The van der Waals surface area contributed by atoms with Gasteiger partial charge >= 0.3 is 12.1 Å². The number of nitrogens with zero attached hydrogens (tertiary/aromatic N) is 5. The second kappa shape index (κ2) is 7.95. The number of nitrogen functional groups attached to an aromatic ring is 1. The van der Waals surface area contributed by atoms with E-state index in [1.165, 1.54) is 13.4 Å². The summed E-state index contributed by atoms with van der Waals surface area (Å²) in [6.45, 7) is 6.24. The van der Waals surface area contributed by atoms with Crippen LogP contribution in [0.3, 0.4) is 0 Å². The first-order valence-electron chi connectivity index (χ1n) is 10.0. The number of carbonyl (C=O) groups is 2. The third-order valence-corrected chi connectivity index (χ3v) is 4.89. The van der Waals surface area contributed by atoms with Gasteiger partial charge in [-0.1, -0.05) is 18.2 Å². The Labute approximate surface area is 184 Å². The van der Waals surface area contributed by atoms with Crippen LogP contribution in [0.15, 0.2) is 36.7 Å². The summed E-state index contributed by atoms with van der Waals surface area (Å²) in [5.74, 6) is 0.330. The van der Waals surface area contributed by atoms with Gasteiger partial charge in [0, 0.05) is 12.1 Å².